The molecule has 3 N–H and O–H groups in total. The summed E-state index contributed by atoms with van der Waals surface area (Å²) in [5, 5.41) is 19.8. The Morgan fingerprint density at radius 3 is 2.62 bits per heavy atom. The minimum atomic E-state index is -1.12. The first kappa shape index (κ1) is 22.0. The minimum Gasteiger partial charge on any atom is -0.497 e. The number of amides is 2. The molecule has 3 aliphatic rings. The van der Waals surface area contributed by atoms with Crippen molar-refractivity contribution in [3.63, 3.8) is 0 Å². The van der Waals surface area contributed by atoms with Gasteiger partial charge in [-0.25, -0.2) is 4.79 Å². The number of aromatic nitrogens is 1. The van der Waals surface area contributed by atoms with Gasteiger partial charge in [0.05, 0.1) is 13.2 Å². The second-order valence-corrected chi connectivity index (χ2v) is 8.96. The molecule has 5 rings (SSSR count). The summed E-state index contributed by atoms with van der Waals surface area (Å²) in [5.74, 6) is 1.49. The van der Waals surface area contributed by atoms with E-state index >= 15 is 0 Å². The zero-order chi connectivity index (χ0) is 22.7. The van der Waals surface area contributed by atoms with Crippen molar-refractivity contribution in [2.24, 2.45) is 5.92 Å². The largest absolute Gasteiger partial charge is 0.497 e. The number of benzene rings is 1. The lowest BCUT2D eigenvalue weighted by Crippen LogP contribution is -2.40. The number of fused-ring (bicyclic) bond motifs is 3. The van der Waals surface area contributed by atoms with E-state index in [1.54, 1.807) is 7.11 Å². The fourth-order valence-electron chi connectivity index (χ4n) is 4.71. The van der Waals surface area contributed by atoms with Gasteiger partial charge in [-0.1, -0.05) is 19.3 Å². The van der Waals surface area contributed by atoms with E-state index in [2.05, 4.69) is 27.3 Å². The topological polar surface area (TPSA) is 118 Å². The van der Waals surface area contributed by atoms with E-state index in [9.17, 15) is 9.59 Å². The lowest BCUT2D eigenvalue weighted by Gasteiger charge is -2.32. The molecule has 1 aromatic heterocycles. The van der Waals surface area contributed by atoms with Crippen LogP contribution in [0.15, 0.2) is 18.2 Å². The number of hydrogen-bond acceptors (Lipinski definition) is 4. The molecule has 2 aliphatic carbocycles. The van der Waals surface area contributed by atoms with E-state index in [1.807, 2.05) is 12.1 Å². The average Bonchev–Trinajstić information content (AvgIpc) is 3.49. The van der Waals surface area contributed by atoms with Gasteiger partial charge in [-0.05, 0) is 43.9 Å². The number of ether oxygens (including phenoxy) is 1. The first-order valence-corrected chi connectivity index (χ1v) is 11.3. The molecule has 0 atom stereocenters. The van der Waals surface area contributed by atoms with Crippen LogP contribution in [0.5, 0.6) is 5.75 Å². The third-order valence-corrected chi connectivity index (χ3v) is 6.76. The number of nitrogens with zero attached hydrogens (tertiary/aromatic N) is 2. The van der Waals surface area contributed by atoms with Gasteiger partial charge in [-0.2, -0.15) is 5.26 Å². The molecule has 1 aliphatic heterocycles. The van der Waals surface area contributed by atoms with Crippen LogP contribution in [0.3, 0.4) is 0 Å². The molecule has 0 radical (unpaired) electrons. The van der Waals surface area contributed by atoms with Gasteiger partial charge in [-0.15, -0.1) is 0 Å². The van der Waals surface area contributed by atoms with E-state index in [0.717, 1.165) is 43.6 Å². The predicted octanol–water partition coefficient (Wildman–Crippen LogP) is 3.95. The number of aromatic amines is 1. The maximum absolute atomic E-state index is 12.8. The molecular weight excluding hydrogens is 408 g/mol. The highest BCUT2D eigenvalue weighted by Gasteiger charge is 2.44. The normalized spacial score (nSPS) is 19.2. The summed E-state index contributed by atoms with van der Waals surface area (Å²) in [4.78, 5) is 28.4. The predicted molar refractivity (Wildman–Crippen MR) is 119 cm³/mol. The summed E-state index contributed by atoms with van der Waals surface area (Å²) in [6.45, 7) is 1.57. The van der Waals surface area contributed by atoms with Crippen LogP contribution in [-0.4, -0.2) is 46.2 Å². The Hall–Kier alpha value is -3.21. The molecule has 32 heavy (non-hydrogen) atoms. The Labute approximate surface area is 187 Å². The Kier molecular flexibility index (Phi) is 6.26. The maximum atomic E-state index is 12.8. The third-order valence-electron chi connectivity index (χ3n) is 6.76. The molecule has 2 amide bonds. The van der Waals surface area contributed by atoms with E-state index in [4.69, 9.17) is 15.1 Å². The fraction of sp³-hybridized carbons (Fsp3) is 0.542. The Morgan fingerprint density at radius 2 is 2.03 bits per heavy atom. The van der Waals surface area contributed by atoms with Crippen molar-refractivity contribution in [1.82, 2.24) is 15.2 Å². The smallest absolute Gasteiger partial charge is 0.405 e. The molecule has 2 fully saturated rings. The third kappa shape index (κ3) is 4.67. The van der Waals surface area contributed by atoms with E-state index in [1.165, 1.54) is 35.9 Å². The summed E-state index contributed by atoms with van der Waals surface area (Å²) in [7, 11) is 1.69. The van der Waals surface area contributed by atoms with Gasteiger partial charge < -0.3 is 25.0 Å². The van der Waals surface area contributed by atoms with Crippen LogP contribution in [0.1, 0.15) is 56.2 Å². The van der Waals surface area contributed by atoms with Crippen LogP contribution in [0, 0.1) is 17.2 Å². The summed E-state index contributed by atoms with van der Waals surface area (Å²) >= 11 is 0. The summed E-state index contributed by atoms with van der Waals surface area (Å²) in [6.07, 6.45) is 6.95. The van der Waals surface area contributed by atoms with Crippen molar-refractivity contribution in [1.29, 1.82) is 5.26 Å². The van der Waals surface area contributed by atoms with Gasteiger partial charge in [0.25, 0.3) is 0 Å². The second kappa shape index (κ2) is 9.11. The average molecular weight is 439 g/mol. The Bertz CT molecular complexity index is 1040. The summed E-state index contributed by atoms with van der Waals surface area (Å²) < 4.78 is 5.36. The molecular formula is C24H30N4O4. The zero-order valence-corrected chi connectivity index (χ0v) is 18.4. The lowest BCUT2D eigenvalue weighted by atomic mass is 9.87. The first-order valence-electron chi connectivity index (χ1n) is 11.3. The monoisotopic (exact) mass is 438 g/mol. The van der Waals surface area contributed by atoms with E-state index in [0.29, 0.717) is 18.7 Å². The van der Waals surface area contributed by atoms with Crippen molar-refractivity contribution in [3.8, 4) is 11.8 Å². The van der Waals surface area contributed by atoms with Crippen LogP contribution < -0.4 is 10.1 Å². The molecule has 2 heterocycles. The van der Waals surface area contributed by atoms with Crippen LogP contribution in [-0.2, 0) is 17.8 Å². The second-order valence-electron chi connectivity index (χ2n) is 8.96. The summed E-state index contributed by atoms with van der Waals surface area (Å²) in [6, 6.07) is 8.03. The standard InChI is InChI=1S/C19H24N2O2.C5H6N2O2/c1-23-14-7-8-17-15(11-14)16-12-21(10-9-18(16)20-17)19(22)13-5-3-2-4-6-13;6-3-5(1-2-5)7-4(8)9/h7-8,11,13,20H,2-6,9-10,12H2,1H3;7H,1-2H2,(H,8,9). The van der Waals surface area contributed by atoms with Crippen LogP contribution in [0.4, 0.5) is 4.79 Å². The number of methoxy groups -OCH3 is 1. The molecule has 0 saturated heterocycles. The van der Waals surface area contributed by atoms with Gasteiger partial charge in [0, 0.05) is 47.6 Å². The van der Waals surface area contributed by atoms with Gasteiger partial charge in [0.15, 0.2) is 0 Å². The maximum Gasteiger partial charge on any atom is 0.405 e. The van der Waals surface area contributed by atoms with Crippen molar-refractivity contribution >= 4 is 22.9 Å². The number of rotatable bonds is 3. The molecule has 1 aromatic carbocycles. The van der Waals surface area contributed by atoms with Crippen LogP contribution in [0.2, 0.25) is 0 Å². The Morgan fingerprint density at radius 1 is 1.28 bits per heavy atom. The molecule has 170 valence electrons. The number of nitrogens with one attached hydrogen (secondary N) is 2. The van der Waals surface area contributed by atoms with Gasteiger partial charge in [-0.3, -0.25) is 4.79 Å². The first-order chi connectivity index (χ1) is 15.4. The molecule has 2 saturated carbocycles. The summed E-state index contributed by atoms with van der Waals surface area (Å²) in [5.41, 5.74) is 2.96. The number of H-pyrrole nitrogens is 1. The minimum absolute atomic E-state index is 0.255. The van der Waals surface area contributed by atoms with Crippen molar-refractivity contribution in [2.75, 3.05) is 13.7 Å². The van der Waals surface area contributed by atoms with Gasteiger partial charge in [0.2, 0.25) is 5.91 Å². The lowest BCUT2D eigenvalue weighted by molar-refractivity contribution is -0.137. The molecule has 0 unspecified atom stereocenters. The SMILES string of the molecule is COc1ccc2[nH]c3c(c2c1)CN(C(=O)C1CCCCC1)CC3.N#CC1(NC(=O)O)CC1. The van der Waals surface area contributed by atoms with Crippen molar-refractivity contribution in [3.05, 3.63) is 29.5 Å². The molecule has 2 aromatic rings. The highest BCUT2D eigenvalue weighted by atomic mass is 16.5. The Balaban J connectivity index is 0.000000230. The van der Waals surface area contributed by atoms with Gasteiger partial charge >= 0.3 is 6.09 Å². The van der Waals surface area contributed by atoms with Crippen molar-refractivity contribution < 1.29 is 19.4 Å². The number of carbonyl (C=O) groups is 2. The van der Waals surface area contributed by atoms with E-state index < -0.39 is 11.6 Å². The zero-order valence-electron chi connectivity index (χ0n) is 18.4. The van der Waals surface area contributed by atoms with Crippen LogP contribution in [0.25, 0.3) is 10.9 Å². The van der Waals surface area contributed by atoms with Crippen LogP contribution >= 0.6 is 0 Å². The molecule has 0 spiro atoms. The van der Waals surface area contributed by atoms with Crippen molar-refractivity contribution in [2.45, 2.75) is 63.5 Å². The fourth-order valence-corrected chi connectivity index (χ4v) is 4.71. The quantitative estimate of drug-likeness (QED) is 0.670. The number of carbonyl (C=O) groups excluding carboxylic acids is 1. The molecule has 8 heteroatoms. The molecule has 8 nitrogen and oxygen atoms in total. The number of nitriles is 1. The number of hydrogen-bond donors (Lipinski definition) is 3. The van der Waals surface area contributed by atoms with E-state index in [-0.39, 0.29) is 5.92 Å². The number of carboxylic acid groups (broad SMARTS) is 1. The highest BCUT2D eigenvalue weighted by Crippen LogP contribution is 2.34. The molecule has 0 bridgehead atoms. The van der Waals surface area contributed by atoms with Gasteiger partial charge in [0.1, 0.15) is 11.3 Å². The highest BCUT2D eigenvalue weighted by molar-refractivity contribution is 5.87.